The second-order valence-corrected chi connectivity index (χ2v) is 6.06. The summed E-state index contributed by atoms with van der Waals surface area (Å²) < 4.78 is 0. The lowest BCUT2D eigenvalue weighted by molar-refractivity contribution is 0.852. The Hall–Kier alpha value is -2.88. The molecule has 0 unspecified atom stereocenters. The Morgan fingerprint density at radius 1 is 0.880 bits per heavy atom. The molecule has 25 heavy (non-hydrogen) atoms. The summed E-state index contributed by atoms with van der Waals surface area (Å²) in [5.74, 6) is 1.51. The van der Waals surface area contributed by atoms with Crippen LogP contribution in [0.4, 0.5) is 11.8 Å². The number of aryl methyl sites for hydroxylation is 2. The third-order valence-corrected chi connectivity index (χ3v) is 4.14. The second-order valence-electron chi connectivity index (χ2n) is 6.06. The van der Waals surface area contributed by atoms with Crippen molar-refractivity contribution in [3.63, 3.8) is 0 Å². The number of benzene rings is 2. The Morgan fingerprint density at radius 3 is 2.52 bits per heavy atom. The molecule has 0 saturated carbocycles. The predicted octanol–water partition coefficient (Wildman–Crippen LogP) is 4.44. The van der Waals surface area contributed by atoms with Gasteiger partial charge in [0.05, 0.1) is 0 Å². The molecular formula is C21H24N4. The zero-order valence-corrected chi connectivity index (χ0v) is 14.6. The maximum Gasteiger partial charge on any atom is 0.224 e. The van der Waals surface area contributed by atoms with Crippen LogP contribution >= 0.6 is 0 Å². The van der Waals surface area contributed by atoms with Crippen molar-refractivity contribution >= 4 is 11.8 Å². The van der Waals surface area contributed by atoms with E-state index in [4.69, 9.17) is 0 Å². The van der Waals surface area contributed by atoms with Gasteiger partial charge < -0.3 is 10.6 Å². The Balaban J connectivity index is 1.47. The molecule has 3 rings (SSSR count). The van der Waals surface area contributed by atoms with E-state index in [1.807, 2.05) is 12.1 Å². The summed E-state index contributed by atoms with van der Waals surface area (Å²) in [6.07, 6.45) is 3.89. The van der Waals surface area contributed by atoms with E-state index in [9.17, 15) is 0 Å². The number of nitrogens with one attached hydrogen (secondary N) is 2. The number of anilines is 2. The molecule has 0 aliphatic rings. The van der Waals surface area contributed by atoms with E-state index >= 15 is 0 Å². The molecule has 0 bridgehead atoms. The van der Waals surface area contributed by atoms with Crippen LogP contribution in [0.15, 0.2) is 66.9 Å². The maximum atomic E-state index is 4.53. The normalized spacial score (nSPS) is 10.4. The highest BCUT2D eigenvalue weighted by atomic mass is 15.1. The van der Waals surface area contributed by atoms with Crippen LogP contribution in [0.5, 0.6) is 0 Å². The standard InChI is InChI=1S/C21H24N4/c1-17-8-5-6-12-19(17)16-24-20-13-15-23-21(25-20)22-14-7-11-18-9-3-2-4-10-18/h2-6,8-10,12-13,15H,7,11,14,16H2,1H3,(H2,22,23,24,25). The fourth-order valence-electron chi connectivity index (χ4n) is 2.67. The van der Waals surface area contributed by atoms with Gasteiger partial charge in [0.25, 0.3) is 0 Å². The largest absolute Gasteiger partial charge is 0.366 e. The summed E-state index contributed by atoms with van der Waals surface area (Å²) in [6, 6.07) is 20.8. The molecule has 0 spiro atoms. The van der Waals surface area contributed by atoms with Gasteiger partial charge >= 0.3 is 0 Å². The van der Waals surface area contributed by atoms with Crippen molar-refractivity contribution in [3.8, 4) is 0 Å². The van der Waals surface area contributed by atoms with E-state index in [0.29, 0.717) is 5.95 Å². The van der Waals surface area contributed by atoms with E-state index < -0.39 is 0 Å². The average molecular weight is 332 g/mol. The summed E-state index contributed by atoms with van der Waals surface area (Å²) >= 11 is 0. The fraction of sp³-hybridized carbons (Fsp3) is 0.238. The Labute approximate surface area is 149 Å². The summed E-state index contributed by atoms with van der Waals surface area (Å²) in [5, 5.41) is 6.67. The maximum absolute atomic E-state index is 4.53. The number of rotatable bonds is 8. The molecule has 0 radical (unpaired) electrons. The lowest BCUT2D eigenvalue weighted by Crippen LogP contribution is -2.08. The summed E-state index contributed by atoms with van der Waals surface area (Å²) in [6.45, 7) is 3.74. The van der Waals surface area contributed by atoms with E-state index in [1.54, 1.807) is 6.20 Å². The minimum Gasteiger partial charge on any atom is -0.366 e. The van der Waals surface area contributed by atoms with Crippen LogP contribution in [0, 0.1) is 6.92 Å². The second kappa shape index (κ2) is 8.83. The van der Waals surface area contributed by atoms with Crippen molar-refractivity contribution in [1.29, 1.82) is 0 Å². The zero-order valence-electron chi connectivity index (χ0n) is 14.6. The van der Waals surface area contributed by atoms with Crippen molar-refractivity contribution < 1.29 is 0 Å². The lowest BCUT2D eigenvalue weighted by Gasteiger charge is -2.10. The lowest BCUT2D eigenvalue weighted by atomic mass is 10.1. The van der Waals surface area contributed by atoms with Gasteiger partial charge in [-0.1, -0.05) is 54.6 Å². The van der Waals surface area contributed by atoms with Crippen LogP contribution in [0.2, 0.25) is 0 Å². The van der Waals surface area contributed by atoms with Gasteiger partial charge in [-0.25, -0.2) is 4.98 Å². The molecule has 0 saturated heterocycles. The molecule has 4 heteroatoms. The van der Waals surface area contributed by atoms with Crippen LogP contribution in [-0.2, 0) is 13.0 Å². The van der Waals surface area contributed by atoms with Crippen molar-refractivity contribution in [1.82, 2.24) is 9.97 Å². The van der Waals surface area contributed by atoms with Gasteiger partial charge in [0.2, 0.25) is 5.95 Å². The van der Waals surface area contributed by atoms with Gasteiger partial charge in [-0.15, -0.1) is 0 Å². The Kier molecular flexibility index (Phi) is 5.99. The first-order valence-corrected chi connectivity index (χ1v) is 8.70. The highest BCUT2D eigenvalue weighted by Crippen LogP contribution is 2.11. The monoisotopic (exact) mass is 332 g/mol. The van der Waals surface area contributed by atoms with Crippen molar-refractivity contribution in [2.45, 2.75) is 26.3 Å². The van der Waals surface area contributed by atoms with Gasteiger partial charge in [-0.3, -0.25) is 0 Å². The molecule has 0 aliphatic carbocycles. The van der Waals surface area contributed by atoms with Gasteiger partial charge in [-0.2, -0.15) is 4.98 Å². The van der Waals surface area contributed by atoms with Gasteiger partial charge in [0, 0.05) is 19.3 Å². The molecule has 128 valence electrons. The molecule has 4 nitrogen and oxygen atoms in total. The Morgan fingerprint density at radius 2 is 1.68 bits per heavy atom. The van der Waals surface area contributed by atoms with Gasteiger partial charge in [0.15, 0.2) is 0 Å². The van der Waals surface area contributed by atoms with Crippen LogP contribution in [0.25, 0.3) is 0 Å². The number of aromatic nitrogens is 2. The number of nitrogens with zero attached hydrogens (tertiary/aromatic N) is 2. The van der Waals surface area contributed by atoms with Crippen molar-refractivity contribution in [2.75, 3.05) is 17.2 Å². The van der Waals surface area contributed by atoms with Crippen LogP contribution in [0.3, 0.4) is 0 Å². The minimum absolute atomic E-state index is 0.669. The highest BCUT2D eigenvalue weighted by Gasteiger charge is 2.01. The van der Waals surface area contributed by atoms with E-state index in [1.165, 1.54) is 16.7 Å². The van der Waals surface area contributed by atoms with E-state index in [-0.39, 0.29) is 0 Å². The number of hydrogen-bond acceptors (Lipinski definition) is 4. The molecule has 2 N–H and O–H groups in total. The van der Waals surface area contributed by atoms with Crippen molar-refractivity contribution in [3.05, 3.63) is 83.6 Å². The van der Waals surface area contributed by atoms with Gasteiger partial charge in [0.1, 0.15) is 5.82 Å². The van der Waals surface area contributed by atoms with E-state index in [0.717, 1.165) is 31.7 Å². The summed E-state index contributed by atoms with van der Waals surface area (Å²) in [4.78, 5) is 8.82. The predicted molar refractivity (Wildman–Crippen MR) is 104 cm³/mol. The quantitative estimate of drug-likeness (QED) is 0.599. The third kappa shape index (κ3) is 5.31. The first-order valence-electron chi connectivity index (χ1n) is 8.70. The molecule has 0 aliphatic heterocycles. The minimum atomic E-state index is 0.669. The van der Waals surface area contributed by atoms with Crippen molar-refractivity contribution in [2.24, 2.45) is 0 Å². The molecule has 1 heterocycles. The topological polar surface area (TPSA) is 49.8 Å². The molecule has 1 aromatic heterocycles. The first-order chi connectivity index (χ1) is 12.3. The smallest absolute Gasteiger partial charge is 0.224 e. The SMILES string of the molecule is Cc1ccccc1CNc1ccnc(NCCCc2ccccc2)n1. The Bertz CT molecular complexity index is 787. The van der Waals surface area contributed by atoms with Crippen LogP contribution in [-0.4, -0.2) is 16.5 Å². The average Bonchev–Trinajstić information content (AvgIpc) is 2.66. The van der Waals surface area contributed by atoms with E-state index in [2.05, 4.69) is 76.1 Å². The molecule has 0 atom stereocenters. The highest BCUT2D eigenvalue weighted by molar-refractivity contribution is 5.41. The molecule has 3 aromatic rings. The van der Waals surface area contributed by atoms with Crippen LogP contribution in [0.1, 0.15) is 23.1 Å². The molecule has 0 amide bonds. The van der Waals surface area contributed by atoms with Gasteiger partial charge in [-0.05, 0) is 42.5 Å². The first kappa shape index (κ1) is 17.0. The fourth-order valence-corrected chi connectivity index (χ4v) is 2.67. The summed E-state index contributed by atoms with van der Waals surface area (Å²) in [7, 11) is 0. The number of hydrogen-bond donors (Lipinski definition) is 2. The molecule has 2 aromatic carbocycles. The zero-order chi connectivity index (χ0) is 17.3. The molecule has 0 fully saturated rings. The van der Waals surface area contributed by atoms with Crippen LogP contribution < -0.4 is 10.6 Å². The summed E-state index contributed by atoms with van der Waals surface area (Å²) in [5.41, 5.74) is 3.92. The third-order valence-electron chi connectivity index (χ3n) is 4.14. The molecular weight excluding hydrogens is 308 g/mol.